The number of carbonyl (C=O) groups excluding carboxylic acids is 2. The van der Waals surface area contributed by atoms with Gasteiger partial charge in [-0.2, -0.15) is 13.2 Å². The maximum absolute atomic E-state index is 14.3. The number of benzene rings is 6. The van der Waals surface area contributed by atoms with Gasteiger partial charge in [-0.15, -0.1) is 0 Å². The second kappa shape index (κ2) is 19.9. The average molecular weight is 943 g/mol. The Morgan fingerprint density at radius 1 is 0.493 bits per heavy atom. The topological polar surface area (TPSA) is 135 Å². The van der Waals surface area contributed by atoms with Crippen LogP contribution in [0.25, 0.3) is 22.1 Å². The molecular formula is C51H40F6N8O4. The summed E-state index contributed by atoms with van der Waals surface area (Å²) in [5, 5.41) is 4.99. The predicted molar refractivity (Wildman–Crippen MR) is 249 cm³/mol. The molecule has 2 aromatic heterocycles. The molecule has 6 aromatic carbocycles. The minimum atomic E-state index is -4.59. The number of nitrogens with one attached hydrogen (secondary N) is 2. The maximum Gasteiger partial charge on any atom is 0.416 e. The average Bonchev–Trinajstić information content (AvgIpc) is 4.08. The van der Waals surface area contributed by atoms with E-state index in [2.05, 4.69) is 35.4 Å². The summed E-state index contributed by atoms with van der Waals surface area (Å²) >= 11 is 0. The number of carbonyl (C=O) groups is 2. The van der Waals surface area contributed by atoms with Crippen molar-refractivity contribution in [1.82, 2.24) is 19.9 Å². The van der Waals surface area contributed by atoms with E-state index in [0.717, 1.165) is 111 Å². The van der Waals surface area contributed by atoms with Crippen molar-refractivity contribution in [2.45, 2.75) is 31.9 Å². The molecule has 0 aliphatic carbocycles. The number of rotatable bonds is 10. The van der Waals surface area contributed by atoms with Gasteiger partial charge < -0.3 is 29.9 Å². The lowest BCUT2D eigenvalue weighted by atomic mass is 10.1. The first-order chi connectivity index (χ1) is 33.3. The second-order valence-corrected chi connectivity index (χ2v) is 16.2. The van der Waals surface area contributed by atoms with E-state index in [9.17, 15) is 35.9 Å². The number of anilines is 4. The molecule has 4 heterocycles. The Morgan fingerprint density at radius 3 is 1.42 bits per heavy atom. The lowest BCUT2D eigenvalue weighted by Crippen LogP contribution is -2.19. The van der Waals surface area contributed by atoms with Gasteiger partial charge in [0.2, 0.25) is 0 Å². The molecule has 0 bridgehead atoms. The first kappa shape index (κ1) is 45.9. The zero-order chi connectivity index (χ0) is 48.1. The highest BCUT2D eigenvalue weighted by Crippen LogP contribution is 2.33. The first-order valence-electron chi connectivity index (χ1n) is 21.8. The van der Waals surface area contributed by atoms with Gasteiger partial charge in [0.1, 0.15) is 52.1 Å². The van der Waals surface area contributed by atoms with E-state index in [1.54, 1.807) is 48.8 Å². The molecule has 0 spiro atoms. The molecule has 2 N–H and O–H groups in total. The summed E-state index contributed by atoms with van der Waals surface area (Å²) in [5.74, 6) is -0.424. The Bertz CT molecular complexity index is 3200. The van der Waals surface area contributed by atoms with Gasteiger partial charge in [0.05, 0.1) is 40.0 Å². The van der Waals surface area contributed by atoms with Gasteiger partial charge in [-0.1, -0.05) is 12.1 Å². The highest BCUT2D eigenvalue weighted by molar-refractivity contribution is 6.05. The van der Waals surface area contributed by atoms with Crippen LogP contribution in [0.2, 0.25) is 0 Å². The van der Waals surface area contributed by atoms with E-state index in [-0.39, 0.29) is 34.0 Å². The van der Waals surface area contributed by atoms with Crippen molar-refractivity contribution in [3.8, 4) is 23.0 Å². The van der Waals surface area contributed by atoms with Crippen molar-refractivity contribution in [3.05, 3.63) is 168 Å². The number of alkyl halides is 3. The highest BCUT2D eigenvalue weighted by atomic mass is 19.4. The van der Waals surface area contributed by atoms with E-state index in [0.29, 0.717) is 28.0 Å². The van der Waals surface area contributed by atoms with Gasteiger partial charge >= 0.3 is 6.18 Å². The highest BCUT2D eigenvalue weighted by Gasteiger charge is 2.31. The van der Waals surface area contributed by atoms with Crippen LogP contribution in [0.5, 0.6) is 23.0 Å². The summed E-state index contributed by atoms with van der Waals surface area (Å²) < 4.78 is 92.4. The van der Waals surface area contributed by atoms with Gasteiger partial charge in [0, 0.05) is 85.1 Å². The summed E-state index contributed by atoms with van der Waals surface area (Å²) in [6.07, 6.45) is 3.41. The lowest BCUT2D eigenvalue weighted by molar-refractivity contribution is -0.137. The molecule has 2 fully saturated rings. The minimum absolute atomic E-state index is 0.0318. The molecule has 0 atom stereocenters. The Morgan fingerprint density at radius 2 is 0.957 bits per heavy atom. The summed E-state index contributed by atoms with van der Waals surface area (Å²) in [4.78, 5) is 47.5. The molecule has 2 saturated heterocycles. The third-order valence-corrected chi connectivity index (χ3v) is 11.1. The third kappa shape index (κ3) is 11.5. The van der Waals surface area contributed by atoms with E-state index in [4.69, 9.17) is 14.5 Å². The fourth-order valence-electron chi connectivity index (χ4n) is 7.82. The van der Waals surface area contributed by atoms with E-state index in [1.165, 1.54) is 42.5 Å². The van der Waals surface area contributed by atoms with Gasteiger partial charge in [-0.3, -0.25) is 19.6 Å². The zero-order valence-corrected chi connectivity index (χ0v) is 36.4. The Hall–Kier alpha value is -8.28. The van der Waals surface area contributed by atoms with Gasteiger partial charge in [0.25, 0.3) is 11.8 Å². The van der Waals surface area contributed by atoms with Crippen LogP contribution >= 0.6 is 0 Å². The fraction of sp³-hybridized carbons (Fsp3) is 0.176. The SMILES string of the molecule is O=C(Nc1cc(F)cc(Oc2ccc3ncc(N4CCCC4)nc3c2)c1)c1cccc(C(F)(F)F)c1.O=C(Nc1cc(F)cc(Oc2ccc3ncc(N4CCCC4)nc3c2)c1)c1cccc(F)c1. The van der Waals surface area contributed by atoms with Gasteiger partial charge in [-0.05, 0) is 98.5 Å². The normalized spacial score (nSPS) is 13.5. The molecule has 2 aliphatic rings. The molecular weight excluding hydrogens is 903 g/mol. The summed E-state index contributed by atoms with van der Waals surface area (Å²) in [6, 6.07) is 27.0. The molecule has 0 unspecified atom stereocenters. The Labute approximate surface area is 390 Å². The van der Waals surface area contributed by atoms with E-state index >= 15 is 0 Å². The van der Waals surface area contributed by atoms with Crippen LogP contribution < -0.4 is 29.9 Å². The van der Waals surface area contributed by atoms with Crippen LogP contribution in [0.1, 0.15) is 52.0 Å². The van der Waals surface area contributed by atoms with Gasteiger partial charge in [0.15, 0.2) is 0 Å². The zero-order valence-electron chi connectivity index (χ0n) is 36.4. The molecule has 18 heteroatoms. The number of amides is 2. The minimum Gasteiger partial charge on any atom is -0.457 e. The lowest BCUT2D eigenvalue weighted by Gasteiger charge is -2.16. The van der Waals surface area contributed by atoms with Crippen LogP contribution in [-0.4, -0.2) is 57.9 Å². The quantitative estimate of drug-likeness (QED) is 0.128. The largest absolute Gasteiger partial charge is 0.457 e. The van der Waals surface area contributed by atoms with Crippen LogP contribution in [0.3, 0.4) is 0 Å². The van der Waals surface area contributed by atoms with Crippen LogP contribution in [0, 0.1) is 17.5 Å². The molecule has 2 aliphatic heterocycles. The van der Waals surface area contributed by atoms with Crippen molar-refractivity contribution in [2.75, 3.05) is 46.6 Å². The van der Waals surface area contributed by atoms with Crippen LogP contribution in [-0.2, 0) is 6.18 Å². The summed E-state index contributed by atoms with van der Waals surface area (Å²) in [6.45, 7) is 3.77. The molecule has 8 aromatic rings. The van der Waals surface area contributed by atoms with E-state index < -0.39 is 41.0 Å². The second-order valence-electron chi connectivity index (χ2n) is 16.2. The Balaban J connectivity index is 0.000000172. The van der Waals surface area contributed by atoms with Crippen molar-refractivity contribution < 1.29 is 45.4 Å². The van der Waals surface area contributed by atoms with E-state index in [1.807, 2.05) is 0 Å². The van der Waals surface area contributed by atoms with Crippen molar-refractivity contribution >= 4 is 56.9 Å². The molecule has 69 heavy (non-hydrogen) atoms. The smallest absolute Gasteiger partial charge is 0.416 e. The number of ether oxygens (including phenoxy) is 2. The number of hydrogen-bond donors (Lipinski definition) is 2. The molecule has 0 saturated carbocycles. The maximum atomic E-state index is 14.3. The van der Waals surface area contributed by atoms with Crippen molar-refractivity contribution in [3.63, 3.8) is 0 Å². The molecule has 10 rings (SSSR count). The number of halogens is 6. The number of nitrogens with zero attached hydrogens (tertiary/aromatic N) is 6. The van der Waals surface area contributed by atoms with Crippen molar-refractivity contribution in [1.29, 1.82) is 0 Å². The van der Waals surface area contributed by atoms with Crippen LogP contribution in [0.4, 0.5) is 49.4 Å². The fourth-order valence-corrected chi connectivity index (χ4v) is 7.82. The molecule has 350 valence electrons. The summed E-state index contributed by atoms with van der Waals surface area (Å²) in [7, 11) is 0. The van der Waals surface area contributed by atoms with Crippen molar-refractivity contribution in [2.24, 2.45) is 0 Å². The first-order valence-corrected chi connectivity index (χ1v) is 21.8. The molecule has 12 nitrogen and oxygen atoms in total. The Kier molecular flexibility index (Phi) is 13.2. The van der Waals surface area contributed by atoms with Crippen LogP contribution in [0.15, 0.2) is 134 Å². The number of hydrogen-bond acceptors (Lipinski definition) is 10. The monoisotopic (exact) mass is 942 g/mol. The number of aromatic nitrogens is 4. The predicted octanol–water partition coefficient (Wildman–Crippen LogP) is 12.0. The standard InChI is InChI=1S/C26H20F4N4O2.C25H20F2N4O2/c27-18-11-19(32-25(35)16-4-3-5-17(10-16)26(28,29)30)13-21(12-18)36-20-6-7-22-23(14-20)33-24(15-31-22)34-8-1-2-9-34;26-17-5-3-4-16(10-17)25(32)29-19-11-18(27)12-21(13-19)33-20-6-7-22-23(14-20)30-24(15-28-22)31-8-1-2-9-31/h3-7,10-15H,1-2,8-9H2,(H,32,35);3-7,10-15H,1-2,8-9H2,(H,29,32). The number of fused-ring (bicyclic) bond motifs is 2. The third-order valence-electron chi connectivity index (χ3n) is 11.1. The summed E-state index contributed by atoms with van der Waals surface area (Å²) in [5.41, 5.74) is 1.89. The molecule has 2 amide bonds. The van der Waals surface area contributed by atoms with Gasteiger partial charge in [-0.25, -0.2) is 23.1 Å². The molecule has 0 radical (unpaired) electrons.